The van der Waals surface area contributed by atoms with Crippen LogP contribution in [0.2, 0.25) is 0 Å². The quantitative estimate of drug-likeness (QED) is 0.364. The lowest BCUT2D eigenvalue weighted by molar-refractivity contribution is 0.00928. The van der Waals surface area contributed by atoms with E-state index in [2.05, 4.69) is 20.1 Å². The standard InChI is InChI=1S/C23H37FN4O3/c1-25-23(28-10-8-21(9-11-28)31-15-3-14-29-2)26-18-22(27-12-16-30-17-13-27)19-4-6-20(24)7-5-19/h4-7,21-22H,3,8-18H2,1-2H3,(H,25,26). The van der Waals surface area contributed by atoms with Crippen LogP contribution >= 0.6 is 0 Å². The number of benzene rings is 1. The van der Waals surface area contributed by atoms with Crippen molar-refractivity contribution in [3.63, 3.8) is 0 Å². The molecule has 1 N–H and O–H groups in total. The van der Waals surface area contributed by atoms with Crippen LogP contribution in [0.25, 0.3) is 0 Å². The zero-order valence-electron chi connectivity index (χ0n) is 18.9. The SMILES string of the molecule is CN=C(NCC(c1ccc(F)cc1)N1CCOCC1)N1CCC(OCCCOC)CC1. The van der Waals surface area contributed by atoms with Crippen LogP contribution in [0.15, 0.2) is 29.3 Å². The van der Waals surface area contributed by atoms with E-state index < -0.39 is 0 Å². The maximum atomic E-state index is 13.5. The maximum Gasteiger partial charge on any atom is 0.193 e. The highest BCUT2D eigenvalue weighted by molar-refractivity contribution is 5.80. The lowest BCUT2D eigenvalue weighted by Gasteiger charge is -2.37. The number of morpholine rings is 1. The summed E-state index contributed by atoms with van der Waals surface area (Å²) in [5.41, 5.74) is 1.11. The van der Waals surface area contributed by atoms with Gasteiger partial charge in [-0.05, 0) is 37.0 Å². The molecule has 0 spiro atoms. The number of hydrogen-bond acceptors (Lipinski definition) is 5. The molecule has 7 nitrogen and oxygen atoms in total. The minimum atomic E-state index is -0.208. The summed E-state index contributed by atoms with van der Waals surface area (Å²) < 4.78 is 30.0. The van der Waals surface area contributed by atoms with Gasteiger partial charge in [0, 0.05) is 60.1 Å². The third-order valence-corrected chi connectivity index (χ3v) is 5.99. The second-order valence-corrected chi connectivity index (χ2v) is 8.05. The van der Waals surface area contributed by atoms with Gasteiger partial charge >= 0.3 is 0 Å². The van der Waals surface area contributed by atoms with Gasteiger partial charge in [-0.15, -0.1) is 0 Å². The number of guanidine groups is 1. The Kier molecular flexibility index (Phi) is 9.99. The minimum absolute atomic E-state index is 0.142. The van der Waals surface area contributed by atoms with Gasteiger partial charge in [-0.3, -0.25) is 9.89 Å². The third kappa shape index (κ3) is 7.42. The third-order valence-electron chi connectivity index (χ3n) is 5.99. The van der Waals surface area contributed by atoms with Gasteiger partial charge in [0.1, 0.15) is 5.82 Å². The Hall–Kier alpha value is -1.74. The van der Waals surface area contributed by atoms with Crippen molar-refractivity contribution in [2.75, 3.05) is 73.3 Å². The highest BCUT2D eigenvalue weighted by atomic mass is 19.1. The van der Waals surface area contributed by atoms with Crippen LogP contribution in [0.1, 0.15) is 30.9 Å². The Balaban J connectivity index is 1.53. The molecule has 1 aromatic carbocycles. The van der Waals surface area contributed by atoms with Gasteiger partial charge in [-0.1, -0.05) is 12.1 Å². The van der Waals surface area contributed by atoms with Crippen LogP contribution in [-0.4, -0.2) is 95.2 Å². The van der Waals surface area contributed by atoms with E-state index in [-0.39, 0.29) is 11.9 Å². The normalized spacial score (nSPS) is 20.1. The molecule has 2 saturated heterocycles. The fourth-order valence-corrected chi connectivity index (χ4v) is 4.24. The number of rotatable bonds is 9. The second-order valence-electron chi connectivity index (χ2n) is 8.05. The predicted molar refractivity (Wildman–Crippen MR) is 120 cm³/mol. The zero-order chi connectivity index (χ0) is 21.9. The van der Waals surface area contributed by atoms with E-state index in [0.717, 1.165) is 83.4 Å². The summed E-state index contributed by atoms with van der Waals surface area (Å²) in [6, 6.07) is 6.98. The highest BCUT2D eigenvalue weighted by Crippen LogP contribution is 2.22. The summed E-state index contributed by atoms with van der Waals surface area (Å²) in [6.45, 7) is 7.25. The van der Waals surface area contributed by atoms with Gasteiger partial charge in [0.05, 0.1) is 25.4 Å². The molecule has 0 aliphatic carbocycles. The molecule has 0 aromatic heterocycles. The first kappa shape index (κ1) is 23.9. The first-order valence-electron chi connectivity index (χ1n) is 11.3. The number of aliphatic imine (C=N–C) groups is 1. The van der Waals surface area contributed by atoms with E-state index in [0.29, 0.717) is 12.6 Å². The fourth-order valence-electron chi connectivity index (χ4n) is 4.24. The molecule has 31 heavy (non-hydrogen) atoms. The second kappa shape index (κ2) is 13.0. The molecule has 2 fully saturated rings. The Labute approximate surface area is 185 Å². The number of halogens is 1. The monoisotopic (exact) mass is 436 g/mol. The van der Waals surface area contributed by atoms with Crippen molar-refractivity contribution in [3.8, 4) is 0 Å². The van der Waals surface area contributed by atoms with Crippen LogP contribution in [0.3, 0.4) is 0 Å². The number of methoxy groups -OCH3 is 1. The highest BCUT2D eigenvalue weighted by Gasteiger charge is 2.25. The molecule has 0 radical (unpaired) electrons. The molecule has 0 amide bonds. The first-order chi connectivity index (χ1) is 15.2. The van der Waals surface area contributed by atoms with Crippen LogP contribution in [0, 0.1) is 5.82 Å². The summed E-state index contributed by atoms with van der Waals surface area (Å²) >= 11 is 0. The van der Waals surface area contributed by atoms with Crippen molar-refractivity contribution in [2.45, 2.75) is 31.4 Å². The molecule has 2 aliphatic heterocycles. The van der Waals surface area contributed by atoms with Gasteiger partial charge in [0.25, 0.3) is 0 Å². The van der Waals surface area contributed by atoms with Crippen molar-refractivity contribution in [3.05, 3.63) is 35.6 Å². The van der Waals surface area contributed by atoms with Crippen molar-refractivity contribution in [2.24, 2.45) is 4.99 Å². The van der Waals surface area contributed by atoms with Gasteiger partial charge in [-0.25, -0.2) is 4.39 Å². The first-order valence-corrected chi connectivity index (χ1v) is 11.3. The summed E-state index contributed by atoms with van der Waals surface area (Å²) in [7, 11) is 3.55. The number of piperidine rings is 1. The minimum Gasteiger partial charge on any atom is -0.385 e. The molecule has 2 heterocycles. The van der Waals surface area contributed by atoms with Crippen molar-refractivity contribution in [1.82, 2.24) is 15.1 Å². The van der Waals surface area contributed by atoms with Crippen molar-refractivity contribution in [1.29, 1.82) is 0 Å². The topological polar surface area (TPSA) is 58.6 Å². The largest absolute Gasteiger partial charge is 0.385 e. The van der Waals surface area contributed by atoms with Gasteiger partial charge in [0.15, 0.2) is 5.96 Å². The fraction of sp³-hybridized carbons (Fsp3) is 0.696. The number of hydrogen-bond donors (Lipinski definition) is 1. The summed E-state index contributed by atoms with van der Waals surface area (Å²) in [6.07, 6.45) is 3.25. The Morgan fingerprint density at radius 2 is 1.87 bits per heavy atom. The molecule has 1 aromatic rings. The zero-order valence-corrected chi connectivity index (χ0v) is 18.9. The molecular weight excluding hydrogens is 399 g/mol. The number of nitrogens with zero attached hydrogens (tertiary/aromatic N) is 3. The summed E-state index contributed by atoms with van der Waals surface area (Å²) in [4.78, 5) is 9.22. The van der Waals surface area contributed by atoms with Crippen LogP contribution in [0.4, 0.5) is 4.39 Å². The molecule has 2 aliphatic rings. The number of likely N-dealkylation sites (tertiary alicyclic amines) is 1. The summed E-state index contributed by atoms with van der Waals surface area (Å²) in [5, 5.41) is 3.57. The van der Waals surface area contributed by atoms with Crippen molar-refractivity contribution < 1.29 is 18.6 Å². The van der Waals surface area contributed by atoms with Gasteiger partial charge in [-0.2, -0.15) is 0 Å². The van der Waals surface area contributed by atoms with Crippen LogP contribution in [0.5, 0.6) is 0 Å². The molecule has 3 rings (SSSR count). The Morgan fingerprint density at radius 1 is 1.16 bits per heavy atom. The average molecular weight is 437 g/mol. The molecule has 1 atom stereocenters. The van der Waals surface area contributed by atoms with Gasteiger partial charge < -0.3 is 24.4 Å². The van der Waals surface area contributed by atoms with Crippen molar-refractivity contribution >= 4 is 5.96 Å². The predicted octanol–water partition coefficient (Wildman–Crippen LogP) is 2.29. The van der Waals surface area contributed by atoms with E-state index >= 15 is 0 Å². The van der Waals surface area contributed by atoms with E-state index in [1.54, 1.807) is 7.11 Å². The molecule has 8 heteroatoms. The van der Waals surface area contributed by atoms with E-state index in [4.69, 9.17) is 14.2 Å². The Bertz CT molecular complexity index is 659. The number of ether oxygens (including phenoxy) is 3. The summed E-state index contributed by atoms with van der Waals surface area (Å²) in [5.74, 6) is 0.707. The molecule has 174 valence electrons. The van der Waals surface area contributed by atoms with E-state index in [9.17, 15) is 4.39 Å². The smallest absolute Gasteiger partial charge is 0.193 e. The lowest BCUT2D eigenvalue weighted by Crippen LogP contribution is -2.50. The number of nitrogens with one attached hydrogen (secondary N) is 1. The van der Waals surface area contributed by atoms with Crippen LogP contribution < -0.4 is 5.32 Å². The van der Waals surface area contributed by atoms with Crippen LogP contribution in [-0.2, 0) is 14.2 Å². The Morgan fingerprint density at radius 3 is 2.52 bits per heavy atom. The maximum absolute atomic E-state index is 13.5. The molecule has 1 unspecified atom stereocenters. The lowest BCUT2D eigenvalue weighted by atomic mass is 10.0. The van der Waals surface area contributed by atoms with E-state index in [1.165, 1.54) is 12.1 Å². The average Bonchev–Trinajstić information content (AvgIpc) is 2.82. The van der Waals surface area contributed by atoms with Gasteiger partial charge in [0.2, 0.25) is 0 Å². The molecule has 0 saturated carbocycles. The van der Waals surface area contributed by atoms with E-state index in [1.807, 2.05) is 19.2 Å². The molecule has 0 bridgehead atoms. The molecular formula is C23H37FN4O3.